The van der Waals surface area contributed by atoms with Gasteiger partial charge in [-0.1, -0.05) is 31.3 Å². The summed E-state index contributed by atoms with van der Waals surface area (Å²) in [6.45, 7) is 9.67. The minimum Gasteiger partial charge on any atom is -0.444 e. The number of allylic oxidation sites excluding steroid dienone is 1. The van der Waals surface area contributed by atoms with Crippen LogP contribution in [0.1, 0.15) is 58.9 Å². The lowest BCUT2D eigenvalue weighted by Gasteiger charge is -2.40. The second-order valence-corrected chi connectivity index (χ2v) is 10.6. The molecule has 1 fully saturated rings. The molecular weight excluding hydrogens is 473 g/mol. The number of aromatic nitrogens is 2. The van der Waals surface area contributed by atoms with E-state index in [1.54, 1.807) is 26.8 Å². The maximum absolute atomic E-state index is 12.9. The third-order valence-electron chi connectivity index (χ3n) is 5.04. The molecule has 0 saturated carbocycles. The van der Waals surface area contributed by atoms with Gasteiger partial charge in [0.05, 0.1) is 6.04 Å². The quantitative estimate of drug-likeness (QED) is 0.476. The summed E-state index contributed by atoms with van der Waals surface area (Å²) in [7, 11) is 1.31. The van der Waals surface area contributed by atoms with Crippen LogP contribution in [-0.4, -0.2) is 58.1 Å². The largest absolute Gasteiger partial charge is 0.445 e. The number of ether oxygens (including phenoxy) is 1. The molecule has 12 heteroatoms. The molecule has 0 unspecified atom stereocenters. The molecule has 0 aliphatic carbocycles. The van der Waals surface area contributed by atoms with Gasteiger partial charge in [0.1, 0.15) is 5.60 Å². The Morgan fingerprint density at radius 1 is 1.24 bits per heavy atom. The predicted octanol–water partition coefficient (Wildman–Crippen LogP) is 4.71. The van der Waals surface area contributed by atoms with Crippen molar-refractivity contribution < 1.29 is 32.3 Å². The summed E-state index contributed by atoms with van der Waals surface area (Å²) in [5.74, 6) is -0.737. The number of likely N-dealkylation sites (tertiary alicyclic amines) is 1. The molecular formula is C22H31F3N4O4S. The van der Waals surface area contributed by atoms with Crippen LogP contribution in [0.25, 0.3) is 0 Å². The van der Waals surface area contributed by atoms with E-state index in [1.807, 2.05) is 13.8 Å². The molecule has 1 aromatic rings. The molecule has 0 bridgehead atoms. The number of alkyl halides is 3. The molecule has 1 aliphatic rings. The monoisotopic (exact) mass is 504 g/mol. The van der Waals surface area contributed by atoms with Crippen molar-refractivity contribution in [3.63, 3.8) is 0 Å². The van der Waals surface area contributed by atoms with Crippen LogP contribution in [-0.2, 0) is 20.5 Å². The van der Waals surface area contributed by atoms with Crippen LogP contribution < -0.4 is 4.90 Å². The molecule has 2 heterocycles. The minimum atomic E-state index is -4.63. The van der Waals surface area contributed by atoms with Crippen LogP contribution in [0.4, 0.5) is 23.1 Å². The predicted molar refractivity (Wildman–Crippen MR) is 121 cm³/mol. The Morgan fingerprint density at radius 2 is 1.88 bits per heavy atom. The summed E-state index contributed by atoms with van der Waals surface area (Å²) in [5, 5.41) is 5.20. The Balaban J connectivity index is 2.03. The van der Waals surface area contributed by atoms with E-state index in [0.29, 0.717) is 19.4 Å². The van der Waals surface area contributed by atoms with Crippen molar-refractivity contribution in [2.75, 3.05) is 18.5 Å². The number of amides is 2. The lowest BCUT2D eigenvalue weighted by Crippen LogP contribution is -2.56. The fourth-order valence-electron chi connectivity index (χ4n) is 3.38. The number of halogens is 3. The molecule has 34 heavy (non-hydrogen) atoms. The molecule has 2 rings (SSSR count). The van der Waals surface area contributed by atoms with E-state index in [9.17, 15) is 27.6 Å². The maximum atomic E-state index is 12.9. The molecule has 1 aliphatic heterocycles. The first kappa shape index (κ1) is 27.7. The van der Waals surface area contributed by atoms with Crippen LogP contribution in [0, 0.1) is 11.8 Å². The molecule has 0 spiro atoms. The van der Waals surface area contributed by atoms with Gasteiger partial charge in [-0.15, -0.1) is 10.2 Å². The van der Waals surface area contributed by atoms with E-state index >= 15 is 0 Å². The number of carbonyl (C=O) groups is 3. The lowest BCUT2D eigenvalue weighted by molar-refractivity contribution is -0.138. The van der Waals surface area contributed by atoms with Gasteiger partial charge in [-0.3, -0.25) is 19.4 Å². The normalized spacial score (nSPS) is 17.6. The van der Waals surface area contributed by atoms with Crippen LogP contribution in [0.2, 0.25) is 0 Å². The number of anilines is 1. The number of likely N-dealkylation sites (N-methyl/N-ethyl adjacent to an activating group) is 1. The van der Waals surface area contributed by atoms with E-state index in [0.717, 1.165) is 4.90 Å². The van der Waals surface area contributed by atoms with Crippen LogP contribution >= 0.6 is 11.3 Å². The third kappa shape index (κ3) is 7.78. The van der Waals surface area contributed by atoms with Gasteiger partial charge < -0.3 is 4.74 Å². The Hall–Kier alpha value is -2.50. The molecule has 8 nitrogen and oxygen atoms in total. The number of nitrogens with zero attached hydrogens (tertiary/aromatic N) is 4. The zero-order chi connectivity index (χ0) is 25.8. The van der Waals surface area contributed by atoms with Gasteiger partial charge in [0.15, 0.2) is 5.78 Å². The fraction of sp³-hybridized carbons (Fsp3) is 0.682. The van der Waals surface area contributed by atoms with Crippen molar-refractivity contribution in [1.82, 2.24) is 15.1 Å². The van der Waals surface area contributed by atoms with Crippen molar-refractivity contribution in [3.8, 4) is 0 Å². The van der Waals surface area contributed by atoms with Crippen molar-refractivity contribution in [2.45, 2.75) is 71.7 Å². The Morgan fingerprint density at radius 3 is 2.35 bits per heavy atom. The smallest absolute Gasteiger partial charge is 0.444 e. The van der Waals surface area contributed by atoms with Gasteiger partial charge in [0, 0.05) is 20.0 Å². The second kappa shape index (κ2) is 10.8. The van der Waals surface area contributed by atoms with Gasteiger partial charge in [-0.2, -0.15) is 13.2 Å². The summed E-state index contributed by atoms with van der Waals surface area (Å²) in [5.41, 5.74) is -0.663. The van der Waals surface area contributed by atoms with Crippen LogP contribution in [0.15, 0.2) is 12.2 Å². The summed E-state index contributed by atoms with van der Waals surface area (Å²) < 4.78 is 43.6. The lowest BCUT2D eigenvalue weighted by atomic mass is 9.87. The average molecular weight is 505 g/mol. The summed E-state index contributed by atoms with van der Waals surface area (Å²) in [4.78, 5) is 40.1. The topological polar surface area (TPSA) is 92.7 Å². The number of Topliss-reactive ketones (excluding diaryl/α,β-unsaturated/α-hetero) is 1. The van der Waals surface area contributed by atoms with E-state index in [-0.39, 0.29) is 40.5 Å². The van der Waals surface area contributed by atoms with Crippen molar-refractivity contribution in [3.05, 3.63) is 17.2 Å². The molecule has 2 amide bonds. The molecule has 1 aromatic heterocycles. The SMILES string of the molecule is CC(C)C[C@@H](/C=C/C(=O)N(C)c1nnc(C(F)(F)F)s1)CC(=O)[C@@H]1CCN1C(=O)OC(C)(C)C. The van der Waals surface area contributed by atoms with Crippen molar-refractivity contribution >= 4 is 34.3 Å². The fourth-order valence-corrected chi connectivity index (χ4v) is 4.06. The highest BCUT2D eigenvalue weighted by Gasteiger charge is 2.40. The molecule has 1 saturated heterocycles. The minimum absolute atomic E-state index is 0.118. The third-order valence-corrected chi connectivity index (χ3v) is 6.09. The summed E-state index contributed by atoms with van der Waals surface area (Å²) in [6, 6.07) is -0.557. The Bertz CT molecular complexity index is 924. The molecule has 0 N–H and O–H groups in total. The number of hydrogen-bond donors (Lipinski definition) is 0. The van der Waals surface area contributed by atoms with Gasteiger partial charge >= 0.3 is 12.3 Å². The zero-order valence-electron chi connectivity index (χ0n) is 20.2. The van der Waals surface area contributed by atoms with Gasteiger partial charge in [-0.05, 0) is 51.5 Å². The highest BCUT2D eigenvalue weighted by atomic mass is 32.1. The maximum Gasteiger partial charge on any atom is 0.445 e. The second-order valence-electron chi connectivity index (χ2n) is 9.68. The van der Waals surface area contributed by atoms with E-state index < -0.39 is 34.8 Å². The average Bonchev–Trinajstić information content (AvgIpc) is 3.12. The molecule has 0 radical (unpaired) electrons. The van der Waals surface area contributed by atoms with Crippen LogP contribution in [0.5, 0.6) is 0 Å². The number of hydrogen-bond acceptors (Lipinski definition) is 7. The standard InChI is InChI=1S/C22H31F3N4O4S/c1-13(2)11-14(12-16(30)15-9-10-29(15)20(32)33-21(3,4)5)7-8-17(31)28(6)19-27-26-18(34-19)22(23,24)25/h7-8,13-15H,9-12H2,1-6H3/b8-7+/t14-,15+/m1/s1. The number of rotatable bonds is 8. The van der Waals surface area contributed by atoms with E-state index in [1.165, 1.54) is 18.0 Å². The molecule has 0 aromatic carbocycles. The first-order chi connectivity index (χ1) is 15.6. The van der Waals surface area contributed by atoms with Crippen molar-refractivity contribution in [1.29, 1.82) is 0 Å². The number of ketones is 1. The van der Waals surface area contributed by atoms with E-state index in [4.69, 9.17) is 4.74 Å². The summed E-state index contributed by atoms with van der Waals surface area (Å²) in [6.07, 6.45) is -1.02. The molecule has 2 atom stereocenters. The zero-order valence-corrected chi connectivity index (χ0v) is 21.0. The first-order valence-electron chi connectivity index (χ1n) is 11.0. The van der Waals surface area contributed by atoms with Gasteiger partial charge in [0.2, 0.25) is 10.1 Å². The van der Waals surface area contributed by atoms with Crippen LogP contribution in [0.3, 0.4) is 0 Å². The highest BCUT2D eigenvalue weighted by Crippen LogP contribution is 2.34. The highest BCUT2D eigenvalue weighted by molar-refractivity contribution is 7.15. The number of carbonyl (C=O) groups excluding carboxylic acids is 3. The van der Waals surface area contributed by atoms with Crippen molar-refractivity contribution in [2.24, 2.45) is 11.8 Å². The first-order valence-corrected chi connectivity index (χ1v) is 11.8. The Kier molecular flexibility index (Phi) is 8.84. The van der Waals surface area contributed by atoms with E-state index in [2.05, 4.69) is 10.2 Å². The van der Waals surface area contributed by atoms with Gasteiger partial charge in [-0.25, -0.2) is 4.79 Å². The summed E-state index contributed by atoms with van der Waals surface area (Å²) >= 11 is 0.274. The molecule has 190 valence electrons. The Labute approximate surface area is 201 Å². The van der Waals surface area contributed by atoms with Gasteiger partial charge in [0.25, 0.3) is 5.91 Å².